The predicted octanol–water partition coefficient (Wildman–Crippen LogP) is -0.336. The van der Waals surface area contributed by atoms with Gasteiger partial charge in [0, 0.05) is 6.07 Å². The molecule has 1 fully saturated rings. The van der Waals surface area contributed by atoms with E-state index in [9.17, 15) is 35.4 Å². The van der Waals surface area contributed by atoms with Crippen molar-refractivity contribution in [1.82, 2.24) is 0 Å². The van der Waals surface area contributed by atoms with Gasteiger partial charge in [0.05, 0.1) is 17.6 Å². The number of hydrogen-bond donors (Lipinski definition) is 6. The minimum Gasteiger partial charge on any atom is -0.508 e. The Balaban J connectivity index is 1.60. The van der Waals surface area contributed by atoms with Gasteiger partial charge in [0.2, 0.25) is 0 Å². The standard InChI is InChI=1S/C21H20O10/c22-8-16-18(25)19(26)20(27)21(28,31-16)30-12-4-1-10(2-5-12)14-9-29-15-7-11(23)3-6-13(15)17(14)24/h1-7,9,16,18-20,22-23,25-28H,8H2/t16-,18-,19+,20-,21?/m1/s1. The topological polar surface area (TPSA) is 170 Å². The van der Waals surface area contributed by atoms with Gasteiger partial charge in [0.1, 0.15) is 41.7 Å². The fourth-order valence-electron chi connectivity index (χ4n) is 3.40. The summed E-state index contributed by atoms with van der Waals surface area (Å²) in [5, 5.41) is 59.3. The lowest BCUT2D eigenvalue weighted by atomic mass is 9.98. The van der Waals surface area contributed by atoms with Crippen LogP contribution in [0.4, 0.5) is 0 Å². The number of benzene rings is 2. The third-order valence-electron chi connectivity index (χ3n) is 5.12. The molecule has 2 heterocycles. The number of hydrogen-bond acceptors (Lipinski definition) is 10. The van der Waals surface area contributed by atoms with Gasteiger partial charge in [0.25, 0.3) is 0 Å². The van der Waals surface area contributed by atoms with E-state index in [2.05, 4.69) is 0 Å². The highest BCUT2D eigenvalue weighted by Gasteiger charge is 2.55. The smallest absolute Gasteiger partial charge is 0.355 e. The molecule has 3 aromatic rings. The van der Waals surface area contributed by atoms with Crippen molar-refractivity contribution in [3.63, 3.8) is 0 Å². The van der Waals surface area contributed by atoms with E-state index in [1.807, 2.05) is 0 Å². The van der Waals surface area contributed by atoms with Gasteiger partial charge < -0.3 is 44.5 Å². The minimum absolute atomic E-state index is 0.0145. The van der Waals surface area contributed by atoms with Crippen LogP contribution in [0.5, 0.6) is 11.5 Å². The Bertz CT molecular complexity index is 1140. The number of fused-ring (bicyclic) bond motifs is 1. The number of phenolic OH excluding ortho intramolecular Hbond substituents is 1. The molecule has 5 atom stereocenters. The van der Waals surface area contributed by atoms with Crippen LogP contribution in [-0.2, 0) is 4.74 Å². The fourth-order valence-corrected chi connectivity index (χ4v) is 3.40. The van der Waals surface area contributed by atoms with E-state index in [0.717, 1.165) is 0 Å². The van der Waals surface area contributed by atoms with Crippen LogP contribution in [0.2, 0.25) is 0 Å². The van der Waals surface area contributed by atoms with Crippen molar-refractivity contribution in [3.8, 4) is 22.6 Å². The molecule has 1 saturated heterocycles. The molecule has 164 valence electrons. The molecule has 6 N–H and O–H groups in total. The van der Waals surface area contributed by atoms with Gasteiger partial charge >= 0.3 is 5.97 Å². The highest BCUT2D eigenvalue weighted by molar-refractivity contribution is 5.82. The SMILES string of the molecule is O=c1c(-c2ccc(OC3(O)O[C@H](CO)[C@@H](O)[C@H](O)[C@H]3O)cc2)coc2cc(O)ccc12. The first-order valence-electron chi connectivity index (χ1n) is 9.33. The van der Waals surface area contributed by atoms with Crippen LogP contribution in [0.25, 0.3) is 22.1 Å². The van der Waals surface area contributed by atoms with E-state index in [-0.39, 0.29) is 33.5 Å². The Hall–Kier alpha value is -2.99. The van der Waals surface area contributed by atoms with Gasteiger partial charge in [-0.25, -0.2) is 0 Å². The van der Waals surface area contributed by atoms with Crippen molar-refractivity contribution in [3.05, 3.63) is 59.0 Å². The van der Waals surface area contributed by atoms with Crippen molar-refractivity contribution in [2.24, 2.45) is 0 Å². The number of ether oxygens (including phenoxy) is 2. The fraction of sp³-hybridized carbons (Fsp3) is 0.286. The van der Waals surface area contributed by atoms with Crippen molar-refractivity contribution in [2.75, 3.05) is 6.61 Å². The second kappa shape index (κ2) is 7.93. The Morgan fingerprint density at radius 1 is 1.03 bits per heavy atom. The second-order valence-corrected chi connectivity index (χ2v) is 7.18. The van der Waals surface area contributed by atoms with Gasteiger partial charge in [-0.1, -0.05) is 12.1 Å². The normalized spacial score (nSPS) is 28.5. The van der Waals surface area contributed by atoms with E-state index < -0.39 is 37.0 Å². The molecule has 0 spiro atoms. The molecule has 31 heavy (non-hydrogen) atoms. The molecular weight excluding hydrogens is 412 g/mol. The van der Waals surface area contributed by atoms with Crippen LogP contribution in [0.1, 0.15) is 0 Å². The van der Waals surface area contributed by atoms with Crippen molar-refractivity contribution in [2.45, 2.75) is 30.4 Å². The summed E-state index contributed by atoms with van der Waals surface area (Å²) in [6.07, 6.45) is -5.60. The van der Waals surface area contributed by atoms with Crippen LogP contribution < -0.4 is 10.2 Å². The molecule has 10 heteroatoms. The molecule has 10 nitrogen and oxygen atoms in total. The average Bonchev–Trinajstić information content (AvgIpc) is 2.76. The summed E-state index contributed by atoms with van der Waals surface area (Å²) in [6.45, 7) is -0.731. The number of phenols is 1. The second-order valence-electron chi connectivity index (χ2n) is 7.18. The summed E-state index contributed by atoms with van der Waals surface area (Å²) < 4.78 is 15.8. The Morgan fingerprint density at radius 2 is 1.74 bits per heavy atom. The van der Waals surface area contributed by atoms with Crippen molar-refractivity contribution < 1.29 is 44.5 Å². The third-order valence-corrected chi connectivity index (χ3v) is 5.12. The van der Waals surface area contributed by atoms with Crippen LogP contribution in [0, 0.1) is 0 Å². The zero-order chi connectivity index (χ0) is 22.3. The van der Waals surface area contributed by atoms with E-state index >= 15 is 0 Å². The maximum absolute atomic E-state index is 12.7. The molecule has 0 saturated carbocycles. The molecule has 1 unspecified atom stereocenters. The lowest BCUT2D eigenvalue weighted by molar-refractivity contribution is -0.422. The largest absolute Gasteiger partial charge is 0.508 e. The Kier molecular flexibility index (Phi) is 5.43. The molecular formula is C21H20O10. The van der Waals surface area contributed by atoms with Gasteiger partial charge in [0.15, 0.2) is 11.5 Å². The number of aliphatic hydroxyl groups excluding tert-OH is 4. The maximum Gasteiger partial charge on any atom is 0.355 e. The van der Waals surface area contributed by atoms with Crippen LogP contribution in [-0.4, -0.2) is 67.6 Å². The molecule has 2 aromatic carbocycles. The average molecular weight is 432 g/mol. The van der Waals surface area contributed by atoms with E-state index in [1.165, 1.54) is 48.7 Å². The number of rotatable bonds is 4. The summed E-state index contributed by atoms with van der Waals surface area (Å²) >= 11 is 0. The van der Waals surface area contributed by atoms with Gasteiger partial charge in [-0.15, -0.1) is 0 Å². The molecule has 0 amide bonds. The van der Waals surface area contributed by atoms with Gasteiger partial charge in [-0.2, -0.15) is 0 Å². The van der Waals surface area contributed by atoms with E-state index in [1.54, 1.807) is 0 Å². The minimum atomic E-state index is -2.72. The van der Waals surface area contributed by atoms with Gasteiger partial charge in [-0.3, -0.25) is 4.79 Å². The van der Waals surface area contributed by atoms with Crippen molar-refractivity contribution >= 4 is 11.0 Å². The zero-order valence-electron chi connectivity index (χ0n) is 16.0. The third kappa shape index (κ3) is 3.76. The Morgan fingerprint density at radius 3 is 2.42 bits per heavy atom. The van der Waals surface area contributed by atoms with E-state index in [4.69, 9.17) is 13.9 Å². The summed E-state index contributed by atoms with van der Waals surface area (Å²) in [6, 6.07) is 9.93. The molecule has 1 aromatic heterocycles. The number of aromatic hydroxyl groups is 1. The molecule has 0 aliphatic carbocycles. The predicted molar refractivity (Wildman–Crippen MR) is 105 cm³/mol. The lowest BCUT2D eigenvalue weighted by Crippen LogP contribution is -2.67. The monoisotopic (exact) mass is 432 g/mol. The highest BCUT2D eigenvalue weighted by atomic mass is 16.8. The van der Waals surface area contributed by atoms with Crippen LogP contribution in [0.3, 0.4) is 0 Å². The van der Waals surface area contributed by atoms with Crippen molar-refractivity contribution in [1.29, 1.82) is 0 Å². The van der Waals surface area contributed by atoms with E-state index in [0.29, 0.717) is 5.56 Å². The number of aliphatic hydroxyl groups is 5. The Labute approximate surface area is 174 Å². The summed E-state index contributed by atoms with van der Waals surface area (Å²) in [4.78, 5) is 12.7. The van der Waals surface area contributed by atoms with Gasteiger partial charge in [-0.05, 0) is 29.8 Å². The summed E-state index contributed by atoms with van der Waals surface area (Å²) in [7, 11) is 0. The van der Waals surface area contributed by atoms with Crippen LogP contribution >= 0.6 is 0 Å². The molecule has 0 bridgehead atoms. The molecule has 1 aliphatic rings. The first kappa shape index (κ1) is 21.2. The highest BCUT2D eigenvalue weighted by Crippen LogP contribution is 2.32. The first-order chi connectivity index (χ1) is 14.7. The molecule has 0 radical (unpaired) electrons. The lowest BCUT2D eigenvalue weighted by Gasteiger charge is -2.44. The quantitative estimate of drug-likeness (QED) is 0.300. The summed E-state index contributed by atoms with van der Waals surface area (Å²) in [5.74, 6) is -2.74. The molecule has 1 aliphatic heterocycles. The zero-order valence-corrected chi connectivity index (χ0v) is 16.0. The summed E-state index contributed by atoms with van der Waals surface area (Å²) in [5.41, 5.74) is 0.634. The van der Waals surface area contributed by atoms with Crippen LogP contribution in [0.15, 0.2) is 57.9 Å². The molecule has 4 rings (SSSR count). The first-order valence-corrected chi connectivity index (χ1v) is 9.33. The maximum atomic E-state index is 12.7.